The summed E-state index contributed by atoms with van der Waals surface area (Å²) in [5, 5.41) is 6.16. The molecule has 3 nitrogen and oxygen atoms in total. The highest BCUT2D eigenvalue weighted by molar-refractivity contribution is 4.62. The van der Waals surface area contributed by atoms with Gasteiger partial charge in [0.1, 0.15) is 0 Å². The Kier molecular flexibility index (Phi) is 4.26. The van der Waals surface area contributed by atoms with Gasteiger partial charge in [-0.3, -0.25) is 0 Å². The first kappa shape index (κ1) is 8.93. The van der Waals surface area contributed by atoms with E-state index in [-0.39, 0.29) is 5.89 Å². The quantitative estimate of drug-likeness (QED) is 0.566. The molecule has 1 rings (SSSR count). The summed E-state index contributed by atoms with van der Waals surface area (Å²) in [5.41, 5.74) is 0. The van der Waals surface area contributed by atoms with Gasteiger partial charge in [0.05, 0.1) is 0 Å². The number of aromatic nitrogens is 2. The smallest absolute Gasteiger partial charge is 0.400 e. The minimum absolute atomic E-state index is 0.248. The molecule has 0 atom stereocenters. The number of halogens is 3. The van der Waals surface area contributed by atoms with E-state index in [1.54, 1.807) is 0 Å². The van der Waals surface area contributed by atoms with Crippen LogP contribution in [0.25, 0.3) is 0 Å². The summed E-state index contributed by atoms with van der Waals surface area (Å²) in [6, 6.07) is 0. The van der Waals surface area contributed by atoms with Crippen LogP contribution >= 0.6 is 0 Å². The van der Waals surface area contributed by atoms with Crippen molar-refractivity contribution in [2.24, 2.45) is 0 Å². The van der Waals surface area contributed by atoms with E-state index in [0.29, 0.717) is 0 Å². The van der Waals surface area contributed by atoms with Gasteiger partial charge in [0.15, 0.2) is 0 Å². The summed E-state index contributed by atoms with van der Waals surface area (Å²) in [5.74, 6) is 0.248. The first-order valence-electron chi connectivity index (χ1n) is 2.28. The van der Waals surface area contributed by atoms with Crippen LogP contribution in [0.3, 0.4) is 0 Å². The molecular weight excluding hydrogens is 149 g/mol. The molecule has 6 heteroatoms. The number of aryl methyl sites for hydroxylation is 1. The molecule has 1 aromatic rings. The average molecular weight is 154 g/mol. The number of hydrogen-bond acceptors (Lipinski definition) is 3. The summed E-state index contributed by atoms with van der Waals surface area (Å²) in [6.07, 6.45) is -0.877. The van der Waals surface area contributed by atoms with Gasteiger partial charge in [-0.05, 0) is 0 Å². The maximum Gasteiger partial charge on any atom is 0.402 e. The molecule has 0 amide bonds. The fourth-order valence-corrected chi connectivity index (χ4v) is 0.272. The van der Waals surface area contributed by atoms with Crippen molar-refractivity contribution in [3.05, 3.63) is 12.0 Å². The van der Waals surface area contributed by atoms with Crippen molar-refractivity contribution >= 4 is 0 Å². The van der Waals surface area contributed by atoms with Crippen LogP contribution in [0.2, 0.25) is 0 Å². The molecule has 0 N–H and O–H groups in total. The standard InChI is InChI=1S/C3H3FN2O.CH2F2/c1-2-5-6-3(4)7-2;2-1-3/h1H3;1H2. The molecule has 0 aliphatic heterocycles. The van der Waals surface area contributed by atoms with Crippen molar-refractivity contribution in [2.75, 3.05) is 6.93 Å². The second kappa shape index (κ2) is 4.78. The minimum Gasteiger partial charge on any atom is -0.400 e. The van der Waals surface area contributed by atoms with Crippen molar-refractivity contribution in [1.82, 2.24) is 10.2 Å². The van der Waals surface area contributed by atoms with Crippen molar-refractivity contribution in [2.45, 2.75) is 6.92 Å². The molecule has 0 aliphatic carbocycles. The monoisotopic (exact) mass is 154 g/mol. The summed E-state index contributed by atoms with van der Waals surface area (Å²) in [4.78, 5) is 0. The third-order valence-corrected chi connectivity index (χ3v) is 0.501. The molecule has 0 unspecified atom stereocenters. The maximum absolute atomic E-state index is 11.6. The van der Waals surface area contributed by atoms with Crippen LogP contribution in [0.5, 0.6) is 0 Å². The SMILES string of the molecule is Cc1nnc(F)o1.FCF. The van der Waals surface area contributed by atoms with Crippen molar-refractivity contribution in [3.8, 4) is 0 Å². The Hall–Kier alpha value is -1.07. The summed E-state index contributed by atoms with van der Waals surface area (Å²) < 4.78 is 35.0. The van der Waals surface area contributed by atoms with E-state index in [0.717, 1.165) is 0 Å². The highest BCUT2D eigenvalue weighted by atomic mass is 19.3. The lowest BCUT2D eigenvalue weighted by Crippen LogP contribution is -1.68. The van der Waals surface area contributed by atoms with Crippen molar-refractivity contribution in [3.63, 3.8) is 0 Å². The van der Waals surface area contributed by atoms with Gasteiger partial charge in [0.2, 0.25) is 12.8 Å². The lowest BCUT2D eigenvalue weighted by atomic mass is 10.8. The van der Waals surface area contributed by atoms with Crippen LogP contribution in [0.1, 0.15) is 5.89 Å². The van der Waals surface area contributed by atoms with Gasteiger partial charge in [-0.1, -0.05) is 5.10 Å². The van der Waals surface area contributed by atoms with Crippen LogP contribution in [-0.4, -0.2) is 17.1 Å². The van der Waals surface area contributed by atoms with E-state index in [4.69, 9.17) is 0 Å². The Balaban J connectivity index is 0.000000236. The first-order valence-corrected chi connectivity index (χ1v) is 2.28. The van der Waals surface area contributed by atoms with Gasteiger partial charge in [-0.15, -0.1) is 9.49 Å². The Morgan fingerprint density at radius 2 is 1.90 bits per heavy atom. The zero-order valence-electron chi connectivity index (χ0n) is 5.14. The van der Waals surface area contributed by atoms with E-state index >= 15 is 0 Å². The van der Waals surface area contributed by atoms with E-state index < -0.39 is 13.1 Å². The second-order valence-corrected chi connectivity index (χ2v) is 1.18. The van der Waals surface area contributed by atoms with Gasteiger partial charge < -0.3 is 4.42 Å². The fraction of sp³-hybridized carbons (Fsp3) is 0.500. The third-order valence-electron chi connectivity index (χ3n) is 0.501. The molecule has 0 saturated heterocycles. The molecule has 1 aromatic heterocycles. The fourth-order valence-electron chi connectivity index (χ4n) is 0.272. The number of alkyl halides is 2. The van der Waals surface area contributed by atoms with Gasteiger partial charge in [0, 0.05) is 6.92 Å². The van der Waals surface area contributed by atoms with Gasteiger partial charge >= 0.3 is 6.14 Å². The molecule has 0 saturated carbocycles. The van der Waals surface area contributed by atoms with Crippen LogP contribution < -0.4 is 0 Å². The van der Waals surface area contributed by atoms with E-state index in [1.807, 2.05) is 0 Å². The van der Waals surface area contributed by atoms with Gasteiger partial charge in [0.25, 0.3) is 0 Å². The summed E-state index contributed by atoms with van der Waals surface area (Å²) >= 11 is 0. The zero-order valence-corrected chi connectivity index (χ0v) is 5.14. The van der Waals surface area contributed by atoms with E-state index in [2.05, 4.69) is 14.6 Å². The lowest BCUT2D eigenvalue weighted by molar-refractivity contribution is 0.295. The maximum atomic E-state index is 11.6. The normalized spacial score (nSPS) is 8.40. The van der Waals surface area contributed by atoms with E-state index in [1.165, 1.54) is 6.92 Å². The molecule has 0 aromatic carbocycles. The predicted molar refractivity (Wildman–Crippen MR) is 26.1 cm³/mol. The van der Waals surface area contributed by atoms with Crippen LogP contribution in [0.4, 0.5) is 13.2 Å². The minimum atomic E-state index is -1.75. The average Bonchev–Trinajstić information content (AvgIpc) is 2.17. The molecule has 58 valence electrons. The Morgan fingerprint density at radius 3 is 2.00 bits per heavy atom. The Labute approximate surface area is 54.9 Å². The highest BCUT2D eigenvalue weighted by Crippen LogP contribution is 1.91. The Morgan fingerprint density at radius 1 is 1.40 bits per heavy atom. The number of hydrogen-bond donors (Lipinski definition) is 0. The number of nitrogens with zero attached hydrogens (tertiary/aromatic N) is 2. The molecule has 0 radical (unpaired) electrons. The lowest BCUT2D eigenvalue weighted by Gasteiger charge is -1.66. The summed E-state index contributed by atoms with van der Waals surface area (Å²) in [7, 11) is 0. The predicted octanol–water partition coefficient (Wildman–Crippen LogP) is 1.40. The third kappa shape index (κ3) is 3.88. The Bertz CT molecular complexity index is 162. The molecule has 10 heavy (non-hydrogen) atoms. The summed E-state index contributed by atoms with van der Waals surface area (Å²) in [6.45, 7) is -0.226. The largest absolute Gasteiger partial charge is 0.402 e. The molecule has 0 bridgehead atoms. The van der Waals surface area contributed by atoms with E-state index in [9.17, 15) is 13.2 Å². The molecule has 0 aliphatic rings. The van der Waals surface area contributed by atoms with Gasteiger partial charge in [-0.25, -0.2) is 8.78 Å². The van der Waals surface area contributed by atoms with Gasteiger partial charge in [-0.2, -0.15) is 0 Å². The molecule has 0 spiro atoms. The highest BCUT2D eigenvalue weighted by Gasteiger charge is 1.94. The second-order valence-electron chi connectivity index (χ2n) is 1.18. The first-order chi connectivity index (χ1) is 4.70. The topological polar surface area (TPSA) is 38.9 Å². The number of rotatable bonds is 0. The van der Waals surface area contributed by atoms with Crippen LogP contribution in [0.15, 0.2) is 4.42 Å². The molecule has 1 heterocycles. The molecular formula is C4H5F3N2O. The van der Waals surface area contributed by atoms with Crippen LogP contribution in [0, 0.1) is 13.1 Å². The zero-order chi connectivity index (χ0) is 7.98. The van der Waals surface area contributed by atoms with Crippen molar-refractivity contribution in [1.29, 1.82) is 0 Å². The van der Waals surface area contributed by atoms with Crippen molar-refractivity contribution < 1.29 is 17.6 Å². The molecule has 0 fully saturated rings. The van der Waals surface area contributed by atoms with Crippen LogP contribution in [-0.2, 0) is 0 Å².